The second-order valence-corrected chi connectivity index (χ2v) is 2.28. The molecule has 2 radical (unpaired) electrons. The molecule has 0 fully saturated rings. The Bertz CT molecular complexity index is 238. The highest BCUT2D eigenvalue weighted by molar-refractivity contribution is 6.59. The molecule has 1 aromatic rings. The Morgan fingerprint density at radius 2 is 1.91 bits per heavy atom. The highest BCUT2D eigenvalue weighted by Crippen LogP contribution is 1.95. The van der Waals surface area contributed by atoms with Gasteiger partial charge < -0.3 is 10.0 Å². The van der Waals surface area contributed by atoms with Crippen molar-refractivity contribution < 1.29 is 10.0 Å². The molecule has 0 aliphatic rings. The zero-order valence-electron chi connectivity index (χ0n) is 6.07. The fourth-order valence-corrected chi connectivity index (χ4v) is 0.972. The number of rotatable bonds is 2. The summed E-state index contributed by atoms with van der Waals surface area (Å²) in [5, 5.41) is 17.7. The van der Waals surface area contributed by atoms with Crippen LogP contribution in [0.4, 0.5) is 0 Å². The lowest BCUT2D eigenvalue weighted by Gasteiger charge is -2.04. The molecule has 0 atom stereocenters. The predicted molar refractivity (Wildman–Crippen MR) is 45.7 cm³/mol. The maximum absolute atomic E-state index is 8.84. The Morgan fingerprint density at radius 1 is 1.27 bits per heavy atom. The van der Waals surface area contributed by atoms with Crippen molar-refractivity contribution in [1.29, 1.82) is 0 Å². The van der Waals surface area contributed by atoms with E-state index >= 15 is 0 Å². The average Bonchev–Trinajstić information content (AvgIpc) is 2.04. The Morgan fingerprint density at radius 3 is 2.36 bits per heavy atom. The van der Waals surface area contributed by atoms with E-state index in [4.69, 9.17) is 17.9 Å². The SMILES string of the molecule is [B]Cc1ccccc1B(O)O. The third-order valence-electron chi connectivity index (χ3n) is 1.55. The van der Waals surface area contributed by atoms with Crippen molar-refractivity contribution in [2.45, 2.75) is 6.32 Å². The first-order valence-corrected chi connectivity index (χ1v) is 3.39. The van der Waals surface area contributed by atoms with Gasteiger partial charge in [-0.3, -0.25) is 0 Å². The summed E-state index contributed by atoms with van der Waals surface area (Å²) in [5.74, 6) is 0. The lowest BCUT2D eigenvalue weighted by molar-refractivity contribution is 0.425. The van der Waals surface area contributed by atoms with Gasteiger partial charge in [0.05, 0.1) is 7.85 Å². The minimum absolute atomic E-state index is 0.327. The maximum Gasteiger partial charge on any atom is 0.488 e. The van der Waals surface area contributed by atoms with Crippen LogP contribution in [0.1, 0.15) is 5.56 Å². The van der Waals surface area contributed by atoms with Crippen molar-refractivity contribution in [3.05, 3.63) is 29.8 Å². The molecule has 0 saturated carbocycles. The summed E-state index contributed by atoms with van der Waals surface area (Å²) in [4.78, 5) is 0. The minimum Gasteiger partial charge on any atom is -0.423 e. The summed E-state index contributed by atoms with van der Waals surface area (Å²) in [5.41, 5.74) is 1.25. The fraction of sp³-hybridized carbons (Fsp3) is 0.143. The Labute approximate surface area is 67.4 Å². The molecule has 0 bridgehead atoms. The van der Waals surface area contributed by atoms with E-state index in [2.05, 4.69) is 0 Å². The molecule has 54 valence electrons. The monoisotopic (exact) mass is 146 g/mol. The summed E-state index contributed by atoms with van der Waals surface area (Å²) in [6.45, 7) is 0. The van der Waals surface area contributed by atoms with Crippen LogP contribution in [0.2, 0.25) is 0 Å². The van der Waals surface area contributed by atoms with Gasteiger partial charge in [0, 0.05) is 0 Å². The van der Waals surface area contributed by atoms with Crippen LogP contribution in [0.15, 0.2) is 24.3 Å². The number of hydrogen-bond acceptors (Lipinski definition) is 2. The number of benzene rings is 1. The van der Waals surface area contributed by atoms with E-state index < -0.39 is 7.12 Å². The lowest BCUT2D eigenvalue weighted by Crippen LogP contribution is -2.32. The Balaban J connectivity index is 3.02. The van der Waals surface area contributed by atoms with Gasteiger partial charge >= 0.3 is 7.12 Å². The molecule has 0 heterocycles. The lowest BCUT2D eigenvalue weighted by atomic mass is 9.74. The summed E-state index contributed by atoms with van der Waals surface area (Å²) >= 11 is 0. The van der Waals surface area contributed by atoms with Crippen LogP contribution in [-0.4, -0.2) is 25.0 Å². The van der Waals surface area contributed by atoms with Crippen LogP contribution in [0.3, 0.4) is 0 Å². The largest absolute Gasteiger partial charge is 0.488 e. The van der Waals surface area contributed by atoms with Gasteiger partial charge in [-0.15, -0.1) is 0 Å². The van der Waals surface area contributed by atoms with Gasteiger partial charge in [-0.25, -0.2) is 0 Å². The molecule has 0 aliphatic heterocycles. The molecule has 0 unspecified atom stereocenters. The summed E-state index contributed by atoms with van der Waals surface area (Å²) in [7, 11) is 3.94. The molecular formula is C7H8B2O2. The van der Waals surface area contributed by atoms with Crippen LogP contribution in [-0.2, 0) is 6.32 Å². The molecule has 0 spiro atoms. The van der Waals surface area contributed by atoms with Gasteiger partial charge in [-0.1, -0.05) is 36.1 Å². The van der Waals surface area contributed by atoms with Gasteiger partial charge in [0.1, 0.15) is 0 Å². The quantitative estimate of drug-likeness (QED) is 0.527. The van der Waals surface area contributed by atoms with E-state index in [1.54, 1.807) is 18.2 Å². The molecule has 0 aromatic heterocycles. The van der Waals surface area contributed by atoms with Crippen LogP contribution in [0.5, 0.6) is 0 Å². The van der Waals surface area contributed by atoms with Gasteiger partial charge in [-0.05, 0) is 5.46 Å². The van der Waals surface area contributed by atoms with Crippen molar-refractivity contribution in [3.8, 4) is 0 Å². The minimum atomic E-state index is -1.42. The van der Waals surface area contributed by atoms with Crippen LogP contribution < -0.4 is 5.46 Å². The molecule has 1 aromatic carbocycles. The van der Waals surface area contributed by atoms with Crippen molar-refractivity contribution >= 4 is 20.4 Å². The van der Waals surface area contributed by atoms with E-state index in [0.29, 0.717) is 11.8 Å². The summed E-state index contributed by atoms with van der Waals surface area (Å²) in [6, 6.07) is 6.98. The average molecular weight is 146 g/mol. The molecule has 0 aliphatic carbocycles. The first-order chi connectivity index (χ1) is 5.25. The molecular weight excluding hydrogens is 138 g/mol. The highest BCUT2D eigenvalue weighted by Gasteiger charge is 2.12. The van der Waals surface area contributed by atoms with Gasteiger partial charge in [-0.2, -0.15) is 0 Å². The topological polar surface area (TPSA) is 40.5 Å². The standard InChI is InChI=1S/C7H8B2O2/c8-5-6-3-1-2-4-7(6)9(10)11/h1-4,10-11H,5H2. The first kappa shape index (κ1) is 8.37. The van der Waals surface area contributed by atoms with Gasteiger partial charge in [0.25, 0.3) is 0 Å². The second-order valence-electron chi connectivity index (χ2n) is 2.28. The second kappa shape index (κ2) is 3.60. The third kappa shape index (κ3) is 1.85. The van der Waals surface area contributed by atoms with Crippen LogP contribution in [0, 0.1) is 0 Å². The predicted octanol–water partition coefficient (Wildman–Crippen LogP) is -0.965. The van der Waals surface area contributed by atoms with E-state index in [0.717, 1.165) is 5.56 Å². The summed E-state index contributed by atoms with van der Waals surface area (Å²) in [6.07, 6.45) is 0.327. The molecule has 0 amide bonds. The molecule has 1 rings (SSSR count). The van der Waals surface area contributed by atoms with Gasteiger partial charge in [0.2, 0.25) is 0 Å². The van der Waals surface area contributed by atoms with Crippen molar-refractivity contribution in [2.75, 3.05) is 0 Å². The normalized spacial score (nSPS) is 9.64. The van der Waals surface area contributed by atoms with E-state index in [9.17, 15) is 0 Å². The summed E-state index contributed by atoms with van der Waals surface area (Å²) < 4.78 is 0. The van der Waals surface area contributed by atoms with E-state index in [-0.39, 0.29) is 0 Å². The third-order valence-corrected chi connectivity index (χ3v) is 1.55. The first-order valence-electron chi connectivity index (χ1n) is 3.39. The van der Waals surface area contributed by atoms with Crippen molar-refractivity contribution in [1.82, 2.24) is 0 Å². The molecule has 4 heteroatoms. The number of hydrogen-bond donors (Lipinski definition) is 2. The molecule has 0 saturated heterocycles. The van der Waals surface area contributed by atoms with Crippen molar-refractivity contribution in [2.24, 2.45) is 0 Å². The highest BCUT2D eigenvalue weighted by atomic mass is 16.4. The van der Waals surface area contributed by atoms with Crippen LogP contribution in [0.25, 0.3) is 0 Å². The zero-order valence-corrected chi connectivity index (χ0v) is 6.07. The molecule has 11 heavy (non-hydrogen) atoms. The van der Waals surface area contributed by atoms with Crippen LogP contribution >= 0.6 is 0 Å². The smallest absolute Gasteiger partial charge is 0.423 e. The Kier molecular flexibility index (Phi) is 2.74. The van der Waals surface area contributed by atoms with Crippen molar-refractivity contribution in [3.63, 3.8) is 0 Å². The molecule has 2 nitrogen and oxygen atoms in total. The Hall–Kier alpha value is -0.730. The van der Waals surface area contributed by atoms with E-state index in [1.165, 1.54) is 0 Å². The molecule has 2 N–H and O–H groups in total. The van der Waals surface area contributed by atoms with E-state index in [1.807, 2.05) is 6.07 Å². The zero-order chi connectivity index (χ0) is 8.27. The van der Waals surface area contributed by atoms with Gasteiger partial charge in [0.15, 0.2) is 0 Å². The fourth-order valence-electron chi connectivity index (χ4n) is 0.972. The maximum atomic E-state index is 8.84.